The van der Waals surface area contributed by atoms with Crippen LogP contribution >= 0.6 is 0 Å². The first-order valence-electron chi connectivity index (χ1n) is 10.1. The number of benzene rings is 1. The van der Waals surface area contributed by atoms with Crippen molar-refractivity contribution >= 4 is 11.9 Å². The van der Waals surface area contributed by atoms with Crippen LogP contribution in [-0.4, -0.2) is 37.2 Å². The highest BCUT2D eigenvalue weighted by molar-refractivity contribution is 5.93. The second-order valence-corrected chi connectivity index (χ2v) is 7.86. The van der Waals surface area contributed by atoms with Gasteiger partial charge in [0.2, 0.25) is 0 Å². The summed E-state index contributed by atoms with van der Waals surface area (Å²) in [6, 6.07) is 6.98. The standard InChI is InChI=1S/C22H30N2O5/c1-15(2)13-28-18-9-8-17(12-19(18)27-4)21(26)29-16(3)20(25)24-22(14-23)10-6-5-7-11-22/h8-9,12,15-16H,5-7,10-11,13H2,1-4H3,(H,24,25)/t16-/m0/s1. The van der Waals surface area contributed by atoms with E-state index in [9.17, 15) is 14.9 Å². The van der Waals surface area contributed by atoms with Gasteiger partial charge in [0.25, 0.3) is 5.91 Å². The van der Waals surface area contributed by atoms with Gasteiger partial charge in [0, 0.05) is 0 Å². The monoisotopic (exact) mass is 402 g/mol. The van der Waals surface area contributed by atoms with Crippen LogP contribution in [0.3, 0.4) is 0 Å². The Morgan fingerprint density at radius 2 is 1.86 bits per heavy atom. The topological polar surface area (TPSA) is 97.6 Å². The molecule has 0 saturated heterocycles. The number of amides is 1. The molecule has 1 amide bonds. The number of nitrogens with one attached hydrogen (secondary N) is 1. The van der Waals surface area contributed by atoms with Gasteiger partial charge < -0.3 is 19.5 Å². The van der Waals surface area contributed by atoms with Crippen LogP contribution in [0, 0.1) is 17.2 Å². The number of methoxy groups -OCH3 is 1. The van der Waals surface area contributed by atoms with E-state index in [0.717, 1.165) is 19.3 Å². The first-order valence-corrected chi connectivity index (χ1v) is 10.1. The summed E-state index contributed by atoms with van der Waals surface area (Å²) < 4.78 is 16.3. The molecule has 1 saturated carbocycles. The smallest absolute Gasteiger partial charge is 0.339 e. The van der Waals surface area contributed by atoms with E-state index < -0.39 is 23.5 Å². The van der Waals surface area contributed by atoms with Crippen molar-refractivity contribution in [2.75, 3.05) is 13.7 Å². The maximum atomic E-state index is 12.5. The average molecular weight is 402 g/mol. The van der Waals surface area contributed by atoms with E-state index in [1.54, 1.807) is 12.1 Å². The third-order valence-electron chi connectivity index (χ3n) is 4.91. The van der Waals surface area contributed by atoms with E-state index in [-0.39, 0.29) is 5.56 Å². The van der Waals surface area contributed by atoms with Crippen molar-refractivity contribution in [3.63, 3.8) is 0 Å². The first-order chi connectivity index (χ1) is 13.8. The van der Waals surface area contributed by atoms with E-state index in [2.05, 4.69) is 11.4 Å². The summed E-state index contributed by atoms with van der Waals surface area (Å²) in [5.41, 5.74) is -0.611. The van der Waals surface area contributed by atoms with Crippen molar-refractivity contribution in [2.45, 2.75) is 64.5 Å². The number of rotatable bonds is 8. The summed E-state index contributed by atoms with van der Waals surface area (Å²) in [6.07, 6.45) is 3.07. The van der Waals surface area contributed by atoms with Gasteiger partial charge in [-0.05, 0) is 43.9 Å². The van der Waals surface area contributed by atoms with Gasteiger partial charge in [-0.15, -0.1) is 0 Å². The van der Waals surface area contributed by atoms with Gasteiger partial charge >= 0.3 is 5.97 Å². The highest BCUT2D eigenvalue weighted by atomic mass is 16.5. The summed E-state index contributed by atoms with van der Waals surface area (Å²) in [5.74, 6) is 0.200. The normalized spacial score (nSPS) is 16.4. The maximum absolute atomic E-state index is 12.5. The molecule has 1 aliphatic rings. The molecule has 0 unspecified atom stereocenters. The lowest BCUT2D eigenvalue weighted by Crippen LogP contribution is -2.52. The molecule has 2 rings (SSSR count). The van der Waals surface area contributed by atoms with Crippen LogP contribution in [0.5, 0.6) is 11.5 Å². The summed E-state index contributed by atoms with van der Waals surface area (Å²) in [6.45, 7) is 6.10. The van der Waals surface area contributed by atoms with Gasteiger partial charge in [0.05, 0.1) is 25.3 Å². The Morgan fingerprint density at radius 1 is 1.17 bits per heavy atom. The van der Waals surface area contributed by atoms with Crippen LogP contribution < -0.4 is 14.8 Å². The Kier molecular flexibility index (Phi) is 7.89. The molecule has 7 heteroatoms. The number of nitrogens with zero attached hydrogens (tertiary/aromatic N) is 1. The average Bonchev–Trinajstić information content (AvgIpc) is 2.72. The van der Waals surface area contributed by atoms with Gasteiger partial charge in [-0.2, -0.15) is 5.26 Å². The molecule has 0 spiro atoms. The SMILES string of the molecule is COc1cc(C(=O)O[C@@H](C)C(=O)NC2(C#N)CCCCC2)ccc1OCC(C)C. The van der Waals surface area contributed by atoms with Crippen LogP contribution in [0.1, 0.15) is 63.2 Å². The predicted molar refractivity (Wildman–Crippen MR) is 108 cm³/mol. The molecule has 158 valence electrons. The molecule has 1 N–H and O–H groups in total. The minimum absolute atomic E-state index is 0.256. The molecule has 1 aliphatic carbocycles. The number of carbonyl (C=O) groups excluding carboxylic acids is 2. The molecule has 1 aromatic carbocycles. The highest BCUT2D eigenvalue weighted by Crippen LogP contribution is 2.29. The molecule has 7 nitrogen and oxygen atoms in total. The number of hydrogen-bond donors (Lipinski definition) is 1. The Morgan fingerprint density at radius 3 is 2.45 bits per heavy atom. The second kappa shape index (κ2) is 10.1. The van der Waals surface area contributed by atoms with Crippen molar-refractivity contribution in [1.29, 1.82) is 5.26 Å². The minimum Gasteiger partial charge on any atom is -0.493 e. The lowest BCUT2D eigenvalue weighted by atomic mass is 9.83. The second-order valence-electron chi connectivity index (χ2n) is 7.86. The van der Waals surface area contributed by atoms with Crippen molar-refractivity contribution in [3.8, 4) is 17.6 Å². The third-order valence-corrected chi connectivity index (χ3v) is 4.91. The van der Waals surface area contributed by atoms with Gasteiger partial charge in [-0.3, -0.25) is 4.79 Å². The Hall–Kier alpha value is -2.75. The molecule has 1 fully saturated rings. The summed E-state index contributed by atoms with van der Waals surface area (Å²) in [5, 5.41) is 12.3. The molecule has 1 atom stereocenters. The van der Waals surface area contributed by atoms with E-state index >= 15 is 0 Å². The largest absolute Gasteiger partial charge is 0.493 e. The van der Waals surface area contributed by atoms with Crippen molar-refractivity contribution in [3.05, 3.63) is 23.8 Å². The molecule has 0 aromatic heterocycles. The molecule has 0 radical (unpaired) electrons. The first kappa shape index (κ1) is 22.5. The molecule has 29 heavy (non-hydrogen) atoms. The van der Waals surface area contributed by atoms with Crippen molar-refractivity contribution in [1.82, 2.24) is 5.32 Å². The van der Waals surface area contributed by atoms with Gasteiger partial charge in [0.1, 0.15) is 5.54 Å². The van der Waals surface area contributed by atoms with Gasteiger partial charge in [-0.1, -0.05) is 33.1 Å². The zero-order valence-electron chi connectivity index (χ0n) is 17.6. The number of esters is 1. The van der Waals surface area contributed by atoms with Crippen LogP contribution in [0.25, 0.3) is 0 Å². The minimum atomic E-state index is -1.02. The molecular weight excluding hydrogens is 372 g/mol. The van der Waals surface area contributed by atoms with E-state index in [1.165, 1.54) is 20.1 Å². The van der Waals surface area contributed by atoms with Crippen LogP contribution in [0.2, 0.25) is 0 Å². The number of carbonyl (C=O) groups is 2. The number of nitriles is 1. The van der Waals surface area contributed by atoms with E-state index in [4.69, 9.17) is 14.2 Å². The summed E-state index contributed by atoms with van der Waals surface area (Å²) in [7, 11) is 1.49. The quantitative estimate of drug-likeness (QED) is 0.667. The maximum Gasteiger partial charge on any atom is 0.339 e. The summed E-state index contributed by atoms with van der Waals surface area (Å²) >= 11 is 0. The Labute approximate surface area is 172 Å². The van der Waals surface area contributed by atoms with Crippen LogP contribution in [0.4, 0.5) is 0 Å². The van der Waals surface area contributed by atoms with Crippen molar-refractivity contribution < 1.29 is 23.8 Å². The van der Waals surface area contributed by atoms with Crippen molar-refractivity contribution in [2.24, 2.45) is 5.92 Å². The van der Waals surface area contributed by atoms with Gasteiger partial charge in [-0.25, -0.2) is 4.79 Å². The highest BCUT2D eigenvalue weighted by Gasteiger charge is 2.35. The number of ether oxygens (including phenoxy) is 3. The predicted octanol–water partition coefficient (Wildman–Crippen LogP) is 3.62. The Bertz CT molecular complexity index is 763. The molecule has 0 heterocycles. The molecule has 0 bridgehead atoms. The lowest BCUT2D eigenvalue weighted by molar-refractivity contribution is -0.130. The lowest BCUT2D eigenvalue weighted by Gasteiger charge is -2.32. The fourth-order valence-electron chi connectivity index (χ4n) is 3.21. The molecule has 1 aromatic rings. The molecular formula is C22H30N2O5. The third kappa shape index (κ3) is 6.11. The number of hydrogen-bond acceptors (Lipinski definition) is 6. The fourth-order valence-corrected chi connectivity index (χ4v) is 3.21. The van der Waals surface area contributed by atoms with Crippen LogP contribution in [-0.2, 0) is 9.53 Å². The van der Waals surface area contributed by atoms with Crippen LogP contribution in [0.15, 0.2) is 18.2 Å². The molecule has 0 aliphatic heterocycles. The van der Waals surface area contributed by atoms with E-state index in [0.29, 0.717) is 36.9 Å². The Balaban J connectivity index is 2.01. The van der Waals surface area contributed by atoms with E-state index in [1.807, 2.05) is 13.8 Å². The summed E-state index contributed by atoms with van der Waals surface area (Å²) in [4.78, 5) is 25.0. The fraction of sp³-hybridized carbons (Fsp3) is 0.591. The zero-order valence-corrected chi connectivity index (χ0v) is 17.6. The zero-order chi connectivity index (χ0) is 21.4. The van der Waals surface area contributed by atoms with Gasteiger partial charge in [0.15, 0.2) is 17.6 Å².